The lowest BCUT2D eigenvalue weighted by molar-refractivity contribution is -0.146. The number of rotatable bonds is 3. The van der Waals surface area contributed by atoms with E-state index in [4.69, 9.17) is 17.3 Å². The summed E-state index contributed by atoms with van der Waals surface area (Å²) in [6, 6.07) is 6.33. The number of hydrogen-bond donors (Lipinski definition) is 1. The molecule has 1 aromatic carbocycles. The molecule has 27 heavy (non-hydrogen) atoms. The van der Waals surface area contributed by atoms with E-state index < -0.39 is 11.9 Å². The first-order valence-electron chi connectivity index (χ1n) is 9.51. The van der Waals surface area contributed by atoms with Crippen LogP contribution in [0.1, 0.15) is 43.0 Å². The fraction of sp³-hybridized carbons (Fsp3) is 0.550. The van der Waals surface area contributed by atoms with Crippen LogP contribution >= 0.6 is 11.6 Å². The summed E-state index contributed by atoms with van der Waals surface area (Å²) in [6.45, 7) is 3.73. The van der Waals surface area contributed by atoms with Gasteiger partial charge in [0.05, 0.1) is 0 Å². The summed E-state index contributed by atoms with van der Waals surface area (Å²) in [5, 5.41) is 0.593. The number of carbonyl (C=O) groups is 3. The fourth-order valence-corrected chi connectivity index (χ4v) is 4.14. The molecule has 2 N–H and O–H groups in total. The van der Waals surface area contributed by atoms with E-state index in [1.807, 2.05) is 0 Å². The number of carbonyl (C=O) groups excluding carboxylic acids is 3. The van der Waals surface area contributed by atoms with E-state index in [0.29, 0.717) is 55.4 Å². The summed E-state index contributed by atoms with van der Waals surface area (Å²) < 4.78 is 0. The van der Waals surface area contributed by atoms with E-state index in [2.05, 4.69) is 6.92 Å². The van der Waals surface area contributed by atoms with Crippen molar-refractivity contribution in [1.29, 1.82) is 0 Å². The fourth-order valence-electron chi connectivity index (χ4n) is 4.01. The normalized spacial score (nSPS) is 23.9. The molecule has 0 aliphatic carbocycles. The summed E-state index contributed by atoms with van der Waals surface area (Å²) >= 11 is 5.87. The summed E-state index contributed by atoms with van der Waals surface area (Å²) in [4.78, 5) is 40.8. The molecular formula is C20H26ClN3O3. The van der Waals surface area contributed by atoms with Gasteiger partial charge >= 0.3 is 0 Å². The molecule has 7 heteroatoms. The Kier molecular flexibility index (Phi) is 6.05. The van der Waals surface area contributed by atoms with Crippen molar-refractivity contribution >= 4 is 29.3 Å². The molecule has 1 aromatic rings. The van der Waals surface area contributed by atoms with Crippen molar-refractivity contribution in [3.8, 4) is 0 Å². The van der Waals surface area contributed by atoms with Crippen molar-refractivity contribution < 1.29 is 14.4 Å². The van der Waals surface area contributed by atoms with Gasteiger partial charge in [-0.25, -0.2) is 0 Å². The highest BCUT2D eigenvalue weighted by atomic mass is 35.5. The minimum absolute atomic E-state index is 0.00397. The van der Waals surface area contributed by atoms with Crippen LogP contribution in [0.3, 0.4) is 0 Å². The van der Waals surface area contributed by atoms with Crippen molar-refractivity contribution in [3.63, 3.8) is 0 Å². The minimum Gasteiger partial charge on any atom is -0.368 e. The molecule has 2 heterocycles. The standard InChI is InChI=1S/C20H26ClN3O3/c1-13-6-11-24(17(12-13)18(22)25)20(27)15-7-9-23(10-8-15)19(26)14-2-4-16(21)5-3-14/h2-5,13,15,17H,6-12H2,1H3,(H2,22,25)/t13-,17+/m0/s1. The van der Waals surface area contributed by atoms with Crippen molar-refractivity contribution in [3.05, 3.63) is 34.9 Å². The molecule has 2 aliphatic heterocycles. The van der Waals surface area contributed by atoms with Crippen LogP contribution in [0.15, 0.2) is 24.3 Å². The van der Waals surface area contributed by atoms with E-state index in [9.17, 15) is 14.4 Å². The van der Waals surface area contributed by atoms with Crippen molar-refractivity contribution in [1.82, 2.24) is 9.80 Å². The molecule has 6 nitrogen and oxygen atoms in total. The summed E-state index contributed by atoms with van der Waals surface area (Å²) in [7, 11) is 0. The van der Waals surface area contributed by atoms with Crippen molar-refractivity contribution in [2.24, 2.45) is 17.6 Å². The largest absolute Gasteiger partial charge is 0.368 e. The van der Waals surface area contributed by atoms with Crippen molar-refractivity contribution in [2.75, 3.05) is 19.6 Å². The number of nitrogens with two attached hydrogens (primary N) is 1. The van der Waals surface area contributed by atoms with E-state index >= 15 is 0 Å². The SMILES string of the molecule is C[C@H]1CCN(C(=O)C2CCN(C(=O)c3ccc(Cl)cc3)CC2)[C@@H](C(N)=O)C1. The lowest BCUT2D eigenvalue weighted by Gasteiger charge is -2.40. The predicted molar refractivity (Wildman–Crippen MR) is 103 cm³/mol. The third kappa shape index (κ3) is 4.43. The van der Waals surface area contributed by atoms with Gasteiger partial charge in [-0.15, -0.1) is 0 Å². The van der Waals surface area contributed by atoms with Crippen LogP contribution in [0.25, 0.3) is 0 Å². The smallest absolute Gasteiger partial charge is 0.253 e. The number of nitrogens with zero attached hydrogens (tertiary/aromatic N) is 2. The Morgan fingerprint density at radius 1 is 1.04 bits per heavy atom. The van der Waals surface area contributed by atoms with E-state index in [-0.39, 0.29) is 17.7 Å². The van der Waals surface area contributed by atoms with Crippen LogP contribution in [-0.2, 0) is 9.59 Å². The first-order chi connectivity index (χ1) is 12.9. The zero-order chi connectivity index (χ0) is 19.6. The quantitative estimate of drug-likeness (QED) is 0.858. The molecule has 0 unspecified atom stereocenters. The van der Waals surface area contributed by atoms with Gasteiger partial charge in [0.1, 0.15) is 6.04 Å². The molecule has 0 saturated carbocycles. The minimum atomic E-state index is -0.505. The Hall–Kier alpha value is -2.08. The van der Waals surface area contributed by atoms with Gasteiger partial charge in [-0.05, 0) is 55.9 Å². The molecule has 2 aliphatic rings. The number of halogens is 1. The third-order valence-corrected chi connectivity index (χ3v) is 5.95. The summed E-state index contributed by atoms with van der Waals surface area (Å²) in [6.07, 6.45) is 2.74. The topological polar surface area (TPSA) is 83.7 Å². The van der Waals surface area contributed by atoms with E-state index in [1.54, 1.807) is 34.1 Å². The Morgan fingerprint density at radius 3 is 2.26 bits per heavy atom. The van der Waals surface area contributed by atoms with Crippen LogP contribution in [0.4, 0.5) is 0 Å². The number of piperidine rings is 2. The van der Waals surface area contributed by atoms with Gasteiger partial charge in [0.25, 0.3) is 5.91 Å². The lowest BCUT2D eigenvalue weighted by atomic mass is 9.88. The Balaban J connectivity index is 1.59. The van der Waals surface area contributed by atoms with E-state index in [0.717, 1.165) is 6.42 Å². The molecule has 0 radical (unpaired) electrons. The van der Waals surface area contributed by atoms with Crippen LogP contribution < -0.4 is 5.73 Å². The van der Waals surface area contributed by atoms with Gasteiger partial charge in [0.15, 0.2) is 0 Å². The Bertz CT molecular complexity index is 714. The molecule has 2 atom stereocenters. The van der Waals surface area contributed by atoms with Crippen molar-refractivity contribution in [2.45, 2.75) is 38.6 Å². The molecule has 2 saturated heterocycles. The maximum absolute atomic E-state index is 13.0. The average molecular weight is 392 g/mol. The summed E-state index contributed by atoms with van der Waals surface area (Å²) in [5.41, 5.74) is 6.13. The molecule has 3 amide bonds. The average Bonchev–Trinajstić information content (AvgIpc) is 2.67. The summed E-state index contributed by atoms with van der Waals surface area (Å²) in [5.74, 6) is -0.228. The zero-order valence-electron chi connectivity index (χ0n) is 15.6. The maximum atomic E-state index is 13.0. The number of likely N-dealkylation sites (tertiary alicyclic amines) is 2. The number of hydrogen-bond acceptors (Lipinski definition) is 3. The van der Waals surface area contributed by atoms with Gasteiger partial charge < -0.3 is 15.5 Å². The molecule has 146 valence electrons. The first kappa shape index (κ1) is 19.7. The monoisotopic (exact) mass is 391 g/mol. The molecule has 2 fully saturated rings. The molecular weight excluding hydrogens is 366 g/mol. The second kappa shape index (κ2) is 8.30. The Morgan fingerprint density at radius 2 is 1.67 bits per heavy atom. The zero-order valence-corrected chi connectivity index (χ0v) is 16.3. The lowest BCUT2D eigenvalue weighted by Crippen LogP contribution is -2.54. The molecule has 3 rings (SSSR count). The number of benzene rings is 1. The highest BCUT2D eigenvalue weighted by Gasteiger charge is 2.38. The first-order valence-corrected chi connectivity index (χ1v) is 9.89. The van der Waals surface area contributed by atoms with Gasteiger partial charge in [-0.3, -0.25) is 14.4 Å². The Labute approximate surface area is 164 Å². The van der Waals surface area contributed by atoms with Crippen LogP contribution in [-0.4, -0.2) is 53.2 Å². The number of primary amides is 1. The van der Waals surface area contributed by atoms with Crippen LogP contribution in [0.5, 0.6) is 0 Å². The second-order valence-corrected chi connectivity index (χ2v) is 8.09. The van der Waals surface area contributed by atoms with Crippen LogP contribution in [0, 0.1) is 11.8 Å². The van der Waals surface area contributed by atoms with Gasteiger partial charge in [-0.2, -0.15) is 0 Å². The molecule has 0 spiro atoms. The van der Waals surface area contributed by atoms with Gasteiger partial charge in [0.2, 0.25) is 11.8 Å². The van der Waals surface area contributed by atoms with Gasteiger partial charge in [0, 0.05) is 36.1 Å². The predicted octanol–water partition coefficient (Wildman–Crippen LogP) is 2.30. The molecule has 0 bridgehead atoms. The van der Waals surface area contributed by atoms with Crippen LogP contribution in [0.2, 0.25) is 5.02 Å². The second-order valence-electron chi connectivity index (χ2n) is 7.65. The van der Waals surface area contributed by atoms with Gasteiger partial charge in [-0.1, -0.05) is 18.5 Å². The number of amides is 3. The maximum Gasteiger partial charge on any atom is 0.253 e. The molecule has 0 aromatic heterocycles. The highest BCUT2D eigenvalue weighted by Crippen LogP contribution is 2.28. The highest BCUT2D eigenvalue weighted by molar-refractivity contribution is 6.30. The third-order valence-electron chi connectivity index (χ3n) is 5.70. The van der Waals surface area contributed by atoms with E-state index in [1.165, 1.54) is 0 Å².